The van der Waals surface area contributed by atoms with Crippen LogP contribution in [-0.2, 0) is 0 Å². The van der Waals surface area contributed by atoms with E-state index in [0.29, 0.717) is 24.5 Å². The molecule has 0 spiro atoms. The van der Waals surface area contributed by atoms with Crippen LogP contribution in [0.3, 0.4) is 0 Å². The largest absolute Gasteiger partial charge is 0.497 e. The molecule has 37 heavy (non-hydrogen) atoms. The lowest BCUT2D eigenvalue weighted by Crippen LogP contribution is -2.68. The van der Waals surface area contributed by atoms with E-state index in [4.69, 9.17) is 4.74 Å². The number of aliphatic hydroxyl groups is 1. The van der Waals surface area contributed by atoms with E-state index in [1.54, 1.807) is 7.11 Å². The van der Waals surface area contributed by atoms with Crippen molar-refractivity contribution in [3.8, 4) is 17.6 Å². The van der Waals surface area contributed by atoms with Crippen molar-refractivity contribution < 1.29 is 14.6 Å². The lowest BCUT2D eigenvalue weighted by molar-refractivity contribution is -0.0585. The Bertz CT molecular complexity index is 1270. The number of nitrogens with zero attached hydrogens (tertiary/aromatic N) is 2. The lowest BCUT2D eigenvalue weighted by Gasteiger charge is -2.57. The number of benzene rings is 3. The van der Waals surface area contributed by atoms with Crippen LogP contribution in [0.5, 0.6) is 5.75 Å². The Balaban J connectivity index is 1.31. The first-order chi connectivity index (χ1) is 18.2. The highest BCUT2D eigenvalue weighted by atomic mass is 16.5. The summed E-state index contributed by atoms with van der Waals surface area (Å²) in [5.41, 5.74) is 3.85. The van der Waals surface area contributed by atoms with Gasteiger partial charge in [-0.15, -0.1) is 0 Å². The Morgan fingerprint density at radius 2 is 1.70 bits per heavy atom. The summed E-state index contributed by atoms with van der Waals surface area (Å²) in [4.78, 5) is 17.5. The number of rotatable bonds is 4. The second kappa shape index (κ2) is 11.5. The smallest absolute Gasteiger partial charge is 0.321 e. The van der Waals surface area contributed by atoms with Crippen LogP contribution in [-0.4, -0.2) is 66.4 Å². The van der Waals surface area contributed by atoms with Gasteiger partial charge in [0, 0.05) is 54.0 Å². The molecule has 2 aliphatic rings. The van der Waals surface area contributed by atoms with Gasteiger partial charge in [-0.3, -0.25) is 4.90 Å². The Morgan fingerprint density at radius 1 is 0.973 bits per heavy atom. The standard InChI is InChI=1S/C31H33N3O3/c1-37-27-11-7-10-26(20-27)32-31(36)33-18-5-6-19-34-28(21-33)30(29(34)22-35)25-16-14-24(15-17-25)13-12-23-8-3-2-4-9-23/h2-4,7-11,14-17,20,28-30,35H,5-6,18-19,21-22H2,1H3,(H,32,36)/t28-,29+,30?/m0/s1. The molecule has 2 fully saturated rings. The van der Waals surface area contributed by atoms with Gasteiger partial charge in [0.05, 0.1) is 13.7 Å². The van der Waals surface area contributed by atoms with Crippen LogP contribution in [0, 0.1) is 11.8 Å². The van der Waals surface area contributed by atoms with Crippen molar-refractivity contribution in [2.45, 2.75) is 30.8 Å². The van der Waals surface area contributed by atoms with Crippen LogP contribution in [0.15, 0.2) is 78.9 Å². The fourth-order valence-corrected chi connectivity index (χ4v) is 5.48. The predicted octanol–water partition coefficient (Wildman–Crippen LogP) is 4.55. The Hall–Kier alpha value is -3.79. The highest BCUT2D eigenvalue weighted by molar-refractivity contribution is 5.89. The van der Waals surface area contributed by atoms with Gasteiger partial charge in [0.2, 0.25) is 0 Å². The van der Waals surface area contributed by atoms with E-state index in [0.717, 1.165) is 30.5 Å². The molecule has 2 saturated heterocycles. The Morgan fingerprint density at radius 3 is 2.43 bits per heavy atom. The second-order valence-electron chi connectivity index (χ2n) is 9.63. The number of ether oxygens (including phenoxy) is 1. The number of carbonyl (C=O) groups is 1. The maximum absolute atomic E-state index is 13.2. The zero-order valence-corrected chi connectivity index (χ0v) is 21.1. The molecule has 0 saturated carbocycles. The number of nitrogens with one attached hydrogen (secondary N) is 1. The number of methoxy groups -OCH3 is 1. The molecule has 6 heteroatoms. The van der Waals surface area contributed by atoms with E-state index >= 15 is 0 Å². The number of fused-ring (bicyclic) bond motifs is 1. The molecular formula is C31H33N3O3. The lowest BCUT2D eigenvalue weighted by atomic mass is 9.74. The monoisotopic (exact) mass is 495 g/mol. The summed E-state index contributed by atoms with van der Waals surface area (Å²) in [6.07, 6.45) is 1.93. The third-order valence-electron chi connectivity index (χ3n) is 7.40. The first-order valence-corrected chi connectivity index (χ1v) is 12.9. The molecule has 190 valence electrons. The van der Waals surface area contributed by atoms with Gasteiger partial charge >= 0.3 is 6.03 Å². The van der Waals surface area contributed by atoms with Gasteiger partial charge < -0.3 is 20.1 Å². The minimum Gasteiger partial charge on any atom is -0.497 e. The van der Waals surface area contributed by atoms with E-state index < -0.39 is 0 Å². The Kier molecular flexibility index (Phi) is 7.74. The Labute approximate surface area is 218 Å². The third kappa shape index (κ3) is 5.64. The number of anilines is 1. The van der Waals surface area contributed by atoms with Crippen LogP contribution in [0.25, 0.3) is 0 Å². The highest BCUT2D eigenvalue weighted by Gasteiger charge is 2.49. The SMILES string of the molecule is COc1cccc(NC(=O)N2CCCCN3[C@H](CO)C(c4ccc(C#Cc5ccccc5)cc4)[C@@H]3C2)c1. The van der Waals surface area contributed by atoms with Gasteiger partial charge in [-0.2, -0.15) is 0 Å². The average Bonchev–Trinajstić information content (AvgIpc) is 2.92. The molecule has 0 aliphatic carbocycles. The summed E-state index contributed by atoms with van der Waals surface area (Å²) < 4.78 is 5.29. The molecule has 2 aliphatic heterocycles. The molecule has 2 heterocycles. The average molecular weight is 496 g/mol. The second-order valence-corrected chi connectivity index (χ2v) is 9.63. The van der Waals surface area contributed by atoms with Crippen molar-refractivity contribution in [2.24, 2.45) is 0 Å². The quantitative estimate of drug-likeness (QED) is 0.521. The van der Waals surface area contributed by atoms with Crippen LogP contribution >= 0.6 is 0 Å². The summed E-state index contributed by atoms with van der Waals surface area (Å²) in [6, 6.07) is 25.9. The van der Waals surface area contributed by atoms with Gasteiger partial charge in [-0.1, -0.05) is 48.2 Å². The fourth-order valence-electron chi connectivity index (χ4n) is 5.48. The van der Waals surface area contributed by atoms with Gasteiger partial charge in [0.25, 0.3) is 0 Å². The van der Waals surface area contributed by atoms with Crippen LogP contribution < -0.4 is 10.1 Å². The van der Waals surface area contributed by atoms with Gasteiger partial charge in [-0.25, -0.2) is 4.79 Å². The molecule has 2 amide bonds. The predicted molar refractivity (Wildman–Crippen MR) is 146 cm³/mol. The van der Waals surface area contributed by atoms with Crippen molar-refractivity contribution in [3.63, 3.8) is 0 Å². The number of hydrogen-bond acceptors (Lipinski definition) is 4. The molecule has 0 bridgehead atoms. The molecular weight excluding hydrogens is 462 g/mol. The van der Waals surface area contributed by atoms with Crippen molar-refractivity contribution in [1.82, 2.24) is 9.80 Å². The third-order valence-corrected chi connectivity index (χ3v) is 7.40. The maximum Gasteiger partial charge on any atom is 0.321 e. The molecule has 0 radical (unpaired) electrons. The highest BCUT2D eigenvalue weighted by Crippen LogP contribution is 2.42. The van der Waals surface area contributed by atoms with E-state index in [2.05, 4.69) is 46.3 Å². The minimum atomic E-state index is -0.104. The zero-order valence-electron chi connectivity index (χ0n) is 21.1. The molecule has 5 rings (SSSR count). The molecule has 2 N–H and O–H groups in total. The van der Waals surface area contributed by atoms with E-state index in [9.17, 15) is 9.90 Å². The van der Waals surface area contributed by atoms with Gasteiger partial charge in [0.15, 0.2) is 0 Å². The van der Waals surface area contributed by atoms with Crippen molar-refractivity contribution in [3.05, 3.63) is 95.6 Å². The summed E-state index contributed by atoms with van der Waals surface area (Å²) in [7, 11) is 1.62. The molecule has 6 nitrogen and oxygen atoms in total. The first-order valence-electron chi connectivity index (χ1n) is 12.9. The van der Waals surface area contributed by atoms with Crippen molar-refractivity contribution >= 4 is 11.7 Å². The van der Waals surface area contributed by atoms with Gasteiger partial charge in [0.1, 0.15) is 5.75 Å². The van der Waals surface area contributed by atoms with Crippen LogP contribution in [0.1, 0.15) is 35.4 Å². The van der Waals surface area contributed by atoms with E-state index in [1.807, 2.05) is 59.5 Å². The minimum absolute atomic E-state index is 0.0626. The number of hydrogen-bond donors (Lipinski definition) is 2. The van der Waals surface area contributed by atoms with Crippen molar-refractivity contribution in [1.29, 1.82) is 0 Å². The molecule has 3 atom stereocenters. The maximum atomic E-state index is 13.2. The first kappa shape index (κ1) is 24.9. The van der Waals surface area contributed by atoms with Crippen molar-refractivity contribution in [2.75, 3.05) is 38.7 Å². The zero-order chi connectivity index (χ0) is 25.6. The fraction of sp³-hybridized carbons (Fsp3) is 0.323. The summed E-state index contributed by atoms with van der Waals surface area (Å²) >= 11 is 0. The number of urea groups is 1. The normalized spacial score (nSPS) is 21.4. The van der Waals surface area contributed by atoms with Gasteiger partial charge in [-0.05, 0) is 61.3 Å². The van der Waals surface area contributed by atoms with E-state index in [-0.39, 0.29) is 30.6 Å². The number of carbonyl (C=O) groups excluding carboxylic acids is 1. The summed E-state index contributed by atoms with van der Waals surface area (Å²) in [5.74, 6) is 7.31. The van der Waals surface area contributed by atoms with Crippen LogP contribution in [0.2, 0.25) is 0 Å². The topological polar surface area (TPSA) is 65.0 Å². The van der Waals surface area contributed by atoms with Crippen LogP contribution in [0.4, 0.5) is 10.5 Å². The number of aliphatic hydroxyl groups excluding tert-OH is 1. The number of amides is 2. The molecule has 1 unspecified atom stereocenters. The summed E-state index contributed by atoms with van der Waals surface area (Å²) in [5, 5.41) is 13.3. The molecule has 3 aromatic carbocycles. The summed E-state index contributed by atoms with van der Waals surface area (Å²) in [6.45, 7) is 2.38. The molecule has 3 aromatic rings. The van der Waals surface area contributed by atoms with E-state index in [1.165, 1.54) is 5.56 Å². The molecule has 0 aromatic heterocycles.